The van der Waals surface area contributed by atoms with Gasteiger partial charge >= 0.3 is 0 Å². The maximum atomic E-state index is 5.48. The maximum Gasteiger partial charge on any atom is 0.191 e. The maximum absolute atomic E-state index is 5.48. The molecule has 7 heteroatoms. The zero-order chi connectivity index (χ0) is 21.6. The fraction of sp³-hybridized carbons (Fsp3) is 0.423. The van der Waals surface area contributed by atoms with Crippen molar-refractivity contribution in [3.8, 4) is 0 Å². The molecule has 2 N–H and O–H groups in total. The zero-order valence-corrected chi connectivity index (χ0v) is 22.0. The number of nitrogens with one attached hydrogen (secondary N) is 2. The number of guanidine groups is 1. The summed E-state index contributed by atoms with van der Waals surface area (Å²) in [6.45, 7) is 2.60. The zero-order valence-electron chi connectivity index (χ0n) is 18.9. The number of aliphatic imine (C=N–C) groups is 1. The van der Waals surface area contributed by atoms with E-state index >= 15 is 0 Å². The van der Waals surface area contributed by atoms with Crippen molar-refractivity contribution in [1.29, 1.82) is 0 Å². The molecule has 5 rings (SSSR count). The van der Waals surface area contributed by atoms with Crippen LogP contribution in [0.3, 0.4) is 0 Å². The Balaban J connectivity index is 0.00000259. The Morgan fingerprint density at radius 3 is 2.55 bits per heavy atom. The second-order valence-corrected chi connectivity index (χ2v) is 9.89. The highest BCUT2D eigenvalue weighted by molar-refractivity contribution is 14.0. The Labute approximate surface area is 217 Å². The van der Waals surface area contributed by atoms with E-state index in [9.17, 15) is 0 Å². The van der Waals surface area contributed by atoms with E-state index in [0.29, 0.717) is 24.7 Å². The molecule has 2 atom stereocenters. The molecule has 2 aromatic heterocycles. The Morgan fingerprint density at radius 1 is 1.03 bits per heavy atom. The van der Waals surface area contributed by atoms with Crippen LogP contribution in [0, 0.1) is 0 Å². The summed E-state index contributed by atoms with van der Waals surface area (Å²) >= 11 is 1.76. The van der Waals surface area contributed by atoms with Gasteiger partial charge in [-0.15, -0.1) is 35.3 Å². The first-order chi connectivity index (χ1) is 15.8. The van der Waals surface area contributed by atoms with E-state index in [-0.39, 0.29) is 24.0 Å². The summed E-state index contributed by atoms with van der Waals surface area (Å²) in [6.07, 6.45) is 7.57. The van der Waals surface area contributed by atoms with Crippen LogP contribution in [0.4, 0.5) is 0 Å². The predicted octanol–water partition coefficient (Wildman–Crippen LogP) is 5.43. The van der Waals surface area contributed by atoms with E-state index in [1.165, 1.54) is 36.1 Å². The molecule has 0 radical (unpaired) electrons. The topological polar surface area (TPSA) is 52.8 Å². The van der Waals surface area contributed by atoms with Crippen molar-refractivity contribution in [3.05, 3.63) is 82.4 Å². The SMILES string of the molecule is I.c1ccc(CN2C3CCC2CC(NC(=NCc2cccs2)NCCc2ccco2)C3)cc1. The minimum Gasteiger partial charge on any atom is -0.469 e. The lowest BCUT2D eigenvalue weighted by Crippen LogP contribution is -2.52. The molecule has 33 heavy (non-hydrogen) atoms. The number of benzene rings is 1. The first-order valence-corrected chi connectivity index (χ1v) is 12.6. The average Bonchev–Trinajstić information content (AvgIpc) is 3.56. The van der Waals surface area contributed by atoms with Crippen LogP contribution in [-0.4, -0.2) is 35.5 Å². The van der Waals surface area contributed by atoms with Crippen molar-refractivity contribution in [3.63, 3.8) is 0 Å². The number of fused-ring (bicyclic) bond motifs is 2. The molecule has 0 spiro atoms. The first kappa shape index (κ1) is 24.3. The molecule has 0 saturated carbocycles. The van der Waals surface area contributed by atoms with Gasteiger partial charge < -0.3 is 15.1 Å². The standard InChI is InChI=1S/C26H32N4OS.HI/c1-2-6-20(7-3-1)19-30-22-10-11-23(30)17-21(16-22)29-26(28-18-25-9-5-15-32-25)27-13-12-24-8-4-14-31-24;/h1-9,14-15,21-23H,10-13,16-19H2,(H2,27,28,29);1H. The van der Waals surface area contributed by atoms with Gasteiger partial charge in [0.2, 0.25) is 0 Å². The summed E-state index contributed by atoms with van der Waals surface area (Å²) in [7, 11) is 0. The van der Waals surface area contributed by atoms with Gasteiger partial charge in [0.1, 0.15) is 5.76 Å². The van der Waals surface area contributed by atoms with E-state index < -0.39 is 0 Å². The van der Waals surface area contributed by atoms with E-state index in [0.717, 1.165) is 31.2 Å². The van der Waals surface area contributed by atoms with Crippen molar-refractivity contribution in [2.45, 2.75) is 63.3 Å². The van der Waals surface area contributed by atoms with Gasteiger partial charge in [-0.3, -0.25) is 4.90 Å². The average molecular weight is 577 g/mol. The summed E-state index contributed by atoms with van der Waals surface area (Å²) in [4.78, 5) is 8.92. The molecular weight excluding hydrogens is 543 g/mol. The van der Waals surface area contributed by atoms with Crippen LogP contribution >= 0.6 is 35.3 Å². The summed E-state index contributed by atoms with van der Waals surface area (Å²) in [5.74, 6) is 1.92. The van der Waals surface area contributed by atoms with Crippen molar-refractivity contribution < 1.29 is 4.42 Å². The highest BCUT2D eigenvalue weighted by atomic mass is 127. The van der Waals surface area contributed by atoms with Crippen LogP contribution in [0.5, 0.6) is 0 Å². The second-order valence-electron chi connectivity index (χ2n) is 8.86. The molecular formula is C26H33IN4OS. The lowest BCUT2D eigenvalue weighted by atomic mass is 9.96. The molecule has 4 heterocycles. The lowest BCUT2D eigenvalue weighted by Gasteiger charge is -2.39. The molecule has 2 unspecified atom stereocenters. The van der Waals surface area contributed by atoms with E-state index in [4.69, 9.17) is 9.41 Å². The van der Waals surface area contributed by atoms with Crippen LogP contribution in [0.1, 0.15) is 41.9 Å². The normalized spacial score (nSPS) is 22.7. The third kappa shape index (κ3) is 6.61. The predicted molar refractivity (Wildman–Crippen MR) is 146 cm³/mol. The minimum atomic E-state index is 0. The van der Waals surface area contributed by atoms with Crippen LogP contribution in [0.25, 0.3) is 0 Å². The third-order valence-electron chi connectivity index (χ3n) is 6.65. The lowest BCUT2D eigenvalue weighted by molar-refractivity contribution is 0.114. The number of nitrogens with zero attached hydrogens (tertiary/aromatic N) is 2. The van der Waals surface area contributed by atoms with E-state index in [1.807, 2.05) is 12.1 Å². The fourth-order valence-corrected chi connectivity index (χ4v) is 5.74. The summed E-state index contributed by atoms with van der Waals surface area (Å²) in [5.41, 5.74) is 1.42. The number of halogens is 1. The number of piperidine rings is 1. The van der Waals surface area contributed by atoms with Gasteiger partial charge in [-0.2, -0.15) is 0 Å². The van der Waals surface area contributed by atoms with Gasteiger partial charge in [-0.25, -0.2) is 4.99 Å². The Hall–Kier alpha value is -1.84. The van der Waals surface area contributed by atoms with E-state index in [2.05, 4.69) is 63.4 Å². The Kier molecular flexibility index (Phi) is 8.86. The highest BCUT2D eigenvalue weighted by Crippen LogP contribution is 2.36. The molecule has 2 fully saturated rings. The smallest absolute Gasteiger partial charge is 0.191 e. The van der Waals surface area contributed by atoms with Gasteiger partial charge in [0, 0.05) is 42.5 Å². The molecule has 3 aromatic rings. The molecule has 2 bridgehead atoms. The van der Waals surface area contributed by atoms with Gasteiger partial charge in [0.15, 0.2) is 5.96 Å². The van der Waals surface area contributed by atoms with Crippen LogP contribution in [0.15, 0.2) is 75.7 Å². The van der Waals surface area contributed by atoms with Crippen molar-refractivity contribution in [2.24, 2.45) is 4.99 Å². The Bertz CT molecular complexity index is 963. The number of hydrogen-bond donors (Lipinski definition) is 2. The minimum absolute atomic E-state index is 0. The number of rotatable bonds is 8. The molecule has 0 amide bonds. The second kappa shape index (κ2) is 12.0. The summed E-state index contributed by atoms with van der Waals surface area (Å²) in [6, 6.07) is 20.9. The summed E-state index contributed by atoms with van der Waals surface area (Å²) in [5, 5.41) is 9.42. The van der Waals surface area contributed by atoms with Crippen LogP contribution in [0.2, 0.25) is 0 Å². The largest absolute Gasteiger partial charge is 0.469 e. The fourth-order valence-electron chi connectivity index (χ4n) is 5.11. The Morgan fingerprint density at radius 2 is 1.85 bits per heavy atom. The molecule has 2 aliphatic rings. The summed E-state index contributed by atoms with van der Waals surface area (Å²) < 4.78 is 5.48. The quantitative estimate of drug-likeness (QED) is 0.213. The van der Waals surface area contributed by atoms with Crippen molar-refractivity contribution >= 4 is 41.3 Å². The molecule has 5 nitrogen and oxygen atoms in total. The number of furan rings is 1. The van der Waals surface area contributed by atoms with Crippen molar-refractivity contribution in [2.75, 3.05) is 6.54 Å². The van der Waals surface area contributed by atoms with Gasteiger partial charge in [-0.1, -0.05) is 36.4 Å². The number of thiophene rings is 1. The van der Waals surface area contributed by atoms with Crippen LogP contribution in [-0.2, 0) is 19.5 Å². The molecule has 2 aliphatic heterocycles. The van der Waals surface area contributed by atoms with E-state index in [1.54, 1.807) is 17.6 Å². The monoisotopic (exact) mass is 576 g/mol. The number of hydrogen-bond acceptors (Lipinski definition) is 4. The van der Waals surface area contributed by atoms with Gasteiger partial charge in [0.05, 0.1) is 12.8 Å². The molecule has 2 saturated heterocycles. The molecule has 176 valence electrons. The first-order valence-electron chi connectivity index (χ1n) is 11.7. The molecule has 0 aliphatic carbocycles. The van der Waals surface area contributed by atoms with Gasteiger partial charge in [-0.05, 0) is 54.8 Å². The highest BCUT2D eigenvalue weighted by Gasteiger charge is 2.40. The van der Waals surface area contributed by atoms with Crippen molar-refractivity contribution in [1.82, 2.24) is 15.5 Å². The van der Waals surface area contributed by atoms with Crippen LogP contribution < -0.4 is 10.6 Å². The molecule has 1 aromatic carbocycles. The van der Waals surface area contributed by atoms with Gasteiger partial charge in [0.25, 0.3) is 0 Å². The third-order valence-corrected chi connectivity index (χ3v) is 7.51.